The maximum atomic E-state index is 12.8. The smallest absolute Gasteiger partial charge is 0.319 e. The van der Waals surface area contributed by atoms with Gasteiger partial charge in [-0.2, -0.15) is 5.10 Å². The highest BCUT2D eigenvalue weighted by Crippen LogP contribution is 2.08. The third-order valence-corrected chi connectivity index (χ3v) is 2.95. The zero-order chi connectivity index (χ0) is 14.7. The third-order valence-electron chi connectivity index (χ3n) is 2.95. The summed E-state index contributed by atoms with van der Waals surface area (Å²) in [5.74, 6) is -0.342. The van der Waals surface area contributed by atoms with Crippen molar-refractivity contribution in [1.82, 2.24) is 14.9 Å². The Balaban J connectivity index is 1.59. The summed E-state index contributed by atoms with van der Waals surface area (Å²) in [6.07, 6.45) is 1.84. The van der Waals surface area contributed by atoms with Crippen LogP contribution in [0.2, 0.25) is 0 Å². The highest BCUT2D eigenvalue weighted by molar-refractivity contribution is 5.89. The molecule has 0 aliphatic carbocycles. The number of nitrogens with zero attached hydrogens (tertiary/aromatic N) is 2. The Morgan fingerprint density at radius 2 is 2.00 bits per heavy atom. The fourth-order valence-corrected chi connectivity index (χ4v) is 1.96. The van der Waals surface area contributed by atoms with Gasteiger partial charge in [-0.15, -0.1) is 0 Å². The van der Waals surface area contributed by atoms with Crippen LogP contribution in [0.25, 0.3) is 5.52 Å². The van der Waals surface area contributed by atoms with Crippen LogP contribution in [-0.4, -0.2) is 15.6 Å². The van der Waals surface area contributed by atoms with Crippen LogP contribution in [0.1, 0.15) is 5.69 Å². The minimum Gasteiger partial charge on any atom is -0.332 e. The number of fused-ring (bicyclic) bond motifs is 1. The predicted molar refractivity (Wildman–Crippen MR) is 77.5 cm³/mol. The Kier molecular flexibility index (Phi) is 3.51. The van der Waals surface area contributed by atoms with Gasteiger partial charge in [0.15, 0.2) is 0 Å². The molecule has 2 heterocycles. The zero-order valence-corrected chi connectivity index (χ0v) is 11.1. The standard InChI is InChI=1S/C15H13FN4O/c16-11-4-6-12(7-5-11)18-15(21)17-10-13-9-14-3-1-2-8-20(14)19-13/h1-9H,10H2,(H2,17,18,21). The lowest BCUT2D eigenvalue weighted by molar-refractivity contribution is 0.251. The minimum atomic E-state index is -0.362. The molecule has 106 valence electrons. The van der Waals surface area contributed by atoms with Crippen LogP contribution in [0, 0.1) is 5.82 Å². The number of hydrogen-bond acceptors (Lipinski definition) is 2. The van der Waals surface area contributed by atoms with E-state index in [1.807, 2.05) is 30.5 Å². The first kappa shape index (κ1) is 13.1. The summed E-state index contributed by atoms with van der Waals surface area (Å²) in [4.78, 5) is 11.7. The second kappa shape index (κ2) is 5.62. The molecule has 5 nitrogen and oxygen atoms in total. The number of aromatic nitrogens is 2. The largest absolute Gasteiger partial charge is 0.332 e. The molecule has 0 unspecified atom stereocenters. The van der Waals surface area contributed by atoms with Gasteiger partial charge in [0.25, 0.3) is 0 Å². The molecular weight excluding hydrogens is 271 g/mol. The van der Waals surface area contributed by atoms with Gasteiger partial charge in [0, 0.05) is 11.9 Å². The molecule has 2 N–H and O–H groups in total. The van der Waals surface area contributed by atoms with Gasteiger partial charge in [-0.05, 0) is 42.5 Å². The molecule has 0 fully saturated rings. The SMILES string of the molecule is O=C(NCc1cc2ccccn2n1)Nc1ccc(F)cc1. The number of anilines is 1. The minimum absolute atomic E-state index is 0.314. The summed E-state index contributed by atoms with van der Waals surface area (Å²) in [6.45, 7) is 0.314. The van der Waals surface area contributed by atoms with Crippen LogP contribution in [-0.2, 0) is 6.54 Å². The van der Waals surface area contributed by atoms with E-state index in [4.69, 9.17) is 0 Å². The maximum absolute atomic E-state index is 12.8. The second-order valence-electron chi connectivity index (χ2n) is 4.52. The summed E-state index contributed by atoms with van der Waals surface area (Å²) in [5.41, 5.74) is 2.26. The summed E-state index contributed by atoms with van der Waals surface area (Å²) < 4.78 is 14.5. The molecule has 6 heteroatoms. The Hall–Kier alpha value is -2.89. The molecule has 0 bridgehead atoms. The van der Waals surface area contributed by atoms with Crippen molar-refractivity contribution < 1.29 is 9.18 Å². The Labute approximate surface area is 120 Å². The first-order chi connectivity index (χ1) is 10.2. The number of amides is 2. The molecule has 2 aromatic heterocycles. The van der Waals surface area contributed by atoms with E-state index >= 15 is 0 Å². The van der Waals surface area contributed by atoms with E-state index in [1.165, 1.54) is 24.3 Å². The maximum Gasteiger partial charge on any atom is 0.319 e. The van der Waals surface area contributed by atoms with Crippen molar-refractivity contribution in [2.24, 2.45) is 0 Å². The number of pyridine rings is 1. The van der Waals surface area contributed by atoms with Crippen molar-refractivity contribution >= 4 is 17.2 Å². The molecule has 0 aliphatic rings. The van der Waals surface area contributed by atoms with E-state index in [0.717, 1.165) is 11.2 Å². The van der Waals surface area contributed by atoms with E-state index in [1.54, 1.807) is 4.52 Å². The monoisotopic (exact) mass is 284 g/mol. The highest BCUT2D eigenvalue weighted by Gasteiger charge is 2.04. The predicted octanol–water partition coefficient (Wildman–Crippen LogP) is 2.80. The molecular formula is C15H13FN4O. The Bertz CT molecular complexity index is 734. The van der Waals surface area contributed by atoms with Crippen molar-refractivity contribution in [3.63, 3.8) is 0 Å². The number of nitrogens with one attached hydrogen (secondary N) is 2. The average molecular weight is 284 g/mol. The van der Waals surface area contributed by atoms with Crippen molar-refractivity contribution in [3.8, 4) is 0 Å². The number of benzene rings is 1. The summed E-state index contributed by atoms with van der Waals surface area (Å²) in [5, 5.41) is 9.65. The van der Waals surface area contributed by atoms with Gasteiger partial charge in [-0.25, -0.2) is 13.7 Å². The van der Waals surface area contributed by atoms with Crippen molar-refractivity contribution in [2.45, 2.75) is 6.54 Å². The van der Waals surface area contributed by atoms with Gasteiger partial charge in [0.2, 0.25) is 0 Å². The molecule has 0 saturated carbocycles. The van der Waals surface area contributed by atoms with Crippen LogP contribution in [0.5, 0.6) is 0 Å². The summed E-state index contributed by atoms with van der Waals surface area (Å²) in [7, 11) is 0. The van der Waals surface area contributed by atoms with Crippen molar-refractivity contribution in [1.29, 1.82) is 0 Å². The third kappa shape index (κ3) is 3.17. The van der Waals surface area contributed by atoms with Crippen LogP contribution in [0.15, 0.2) is 54.7 Å². The lowest BCUT2D eigenvalue weighted by atomic mass is 10.3. The van der Waals surface area contributed by atoms with E-state index in [-0.39, 0.29) is 11.8 Å². The van der Waals surface area contributed by atoms with Crippen molar-refractivity contribution in [3.05, 3.63) is 66.2 Å². The fraction of sp³-hybridized carbons (Fsp3) is 0.0667. The fourth-order valence-electron chi connectivity index (χ4n) is 1.96. The van der Waals surface area contributed by atoms with Gasteiger partial charge in [-0.1, -0.05) is 6.07 Å². The van der Waals surface area contributed by atoms with Gasteiger partial charge in [0.05, 0.1) is 17.8 Å². The normalized spacial score (nSPS) is 10.5. The molecule has 2 amide bonds. The molecule has 0 aliphatic heterocycles. The van der Waals surface area contributed by atoms with Gasteiger partial charge < -0.3 is 10.6 Å². The molecule has 0 radical (unpaired) electrons. The molecule has 0 atom stereocenters. The number of halogens is 1. The van der Waals surface area contributed by atoms with Crippen LogP contribution in [0.3, 0.4) is 0 Å². The summed E-state index contributed by atoms with van der Waals surface area (Å²) >= 11 is 0. The van der Waals surface area contributed by atoms with Gasteiger partial charge in [0.1, 0.15) is 5.82 Å². The van der Waals surface area contributed by atoms with E-state index < -0.39 is 0 Å². The quantitative estimate of drug-likeness (QED) is 0.777. The number of hydrogen-bond donors (Lipinski definition) is 2. The second-order valence-corrected chi connectivity index (χ2v) is 4.52. The zero-order valence-electron chi connectivity index (χ0n) is 11.1. The van der Waals surface area contributed by atoms with E-state index in [9.17, 15) is 9.18 Å². The van der Waals surface area contributed by atoms with Crippen LogP contribution < -0.4 is 10.6 Å². The molecule has 1 aromatic carbocycles. The number of carbonyl (C=O) groups excluding carboxylic acids is 1. The first-order valence-corrected chi connectivity index (χ1v) is 6.44. The Morgan fingerprint density at radius 3 is 2.76 bits per heavy atom. The van der Waals surface area contributed by atoms with Gasteiger partial charge >= 0.3 is 6.03 Å². The molecule has 3 aromatic rings. The number of rotatable bonds is 3. The molecule has 3 rings (SSSR count). The average Bonchev–Trinajstić information content (AvgIpc) is 2.90. The van der Waals surface area contributed by atoms with E-state index in [0.29, 0.717) is 12.2 Å². The topological polar surface area (TPSA) is 58.4 Å². The molecule has 0 spiro atoms. The number of urea groups is 1. The Morgan fingerprint density at radius 1 is 1.19 bits per heavy atom. The van der Waals surface area contributed by atoms with E-state index in [2.05, 4.69) is 15.7 Å². The molecule has 0 saturated heterocycles. The lowest BCUT2D eigenvalue weighted by Gasteiger charge is -2.06. The first-order valence-electron chi connectivity index (χ1n) is 6.44. The van der Waals surface area contributed by atoms with Gasteiger partial charge in [-0.3, -0.25) is 0 Å². The molecule has 21 heavy (non-hydrogen) atoms. The van der Waals surface area contributed by atoms with Crippen molar-refractivity contribution in [2.75, 3.05) is 5.32 Å². The lowest BCUT2D eigenvalue weighted by Crippen LogP contribution is -2.28. The van der Waals surface area contributed by atoms with Crippen LogP contribution >= 0.6 is 0 Å². The van der Waals surface area contributed by atoms with Crippen LogP contribution in [0.4, 0.5) is 14.9 Å². The highest BCUT2D eigenvalue weighted by atomic mass is 19.1. The number of carbonyl (C=O) groups is 1. The summed E-state index contributed by atoms with van der Waals surface area (Å²) in [6, 6.07) is 12.9.